The molecule has 1 heteroatoms. The molecule has 0 heterocycles. The van der Waals surface area contributed by atoms with Crippen molar-refractivity contribution in [2.75, 3.05) is 4.90 Å². The van der Waals surface area contributed by atoms with Gasteiger partial charge in [0.25, 0.3) is 0 Å². The third-order valence-electron chi connectivity index (χ3n) is 13.1. The smallest absolute Gasteiger partial charge is 0.0468 e. The van der Waals surface area contributed by atoms with E-state index in [1.54, 1.807) is 44.2 Å². The van der Waals surface area contributed by atoms with Crippen LogP contribution in [0.1, 0.15) is 97.5 Å². The Hall–Kier alpha value is -5.14. The van der Waals surface area contributed by atoms with Crippen LogP contribution in [-0.4, -0.2) is 0 Å². The minimum absolute atomic E-state index is 0.0843. The number of anilines is 3. The molecule has 0 aromatic heterocycles. The SMILES string of the molecule is Cc1ccc(N(c2ccc(C)cc2)c2ccc3cc4c(cc3c2)C(C)(C)c2c-4c3c4c(cc(-c5ccc(C(C)(C)C)cc5)c5c4c2CCC5)CCC3)cc1. The second-order valence-corrected chi connectivity index (χ2v) is 18.1. The maximum atomic E-state index is 2.60. The topological polar surface area (TPSA) is 3.24 Å². The zero-order valence-electron chi connectivity index (χ0n) is 33.1. The Kier molecular flexibility index (Phi) is 7.39. The molecule has 0 saturated heterocycles. The second kappa shape index (κ2) is 11.9. The molecule has 0 saturated carbocycles. The summed E-state index contributed by atoms with van der Waals surface area (Å²) in [6.07, 6.45) is 7.10. The molecule has 0 amide bonds. The molecule has 0 bridgehead atoms. The zero-order chi connectivity index (χ0) is 37.1. The van der Waals surface area contributed by atoms with Crippen LogP contribution in [0, 0.1) is 13.8 Å². The molecule has 0 spiro atoms. The molecule has 0 N–H and O–H groups in total. The predicted octanol–water partition coefficient (Wildman–Crippen LogP) is 14.3. The minimum atomic E-state index is -0.0843. The van der Waals surface area contributed by atoms with E-state index in [-0.39, 0.29) is 10.8 Å². The average molecular weight is 702 g/mol. The Morgan fingerprint density at radius 1 is 0.537 bits per heavy atom. The van der Waals surface area contributed by atoms with Crippen molar-refractivity contribution in [1.82, 2.24) is 0 Å². The lowest BCUT2D eigenvalue weighted by Gasteiger charge is -2.33. The van der Waals surface area contributed by atoms with Gasteiger partial charge in [0.2, 0.25) is 0 Å². The molecular formula is C53H51N. The molecule has 7 aromatic carbocycles. The van der Waals surface area contributed by atoms with Crippen molar-refractivity contribution in [2.45, 2.75) is 97.8 Å². The number of benzene rings is 7. The van der Waals surface area contributed by atoms with E-state index in [1.165, 1.54) is 98.9 Å². The number of rotatable bonds is 4. The van der Waals surface area contributed by atoms with Crippen molar-refractivity contribution in [2.24, 2.45) is 0 Å². The van der Waals surface area contributed by atoms with Gasteiger partial charge in [-0.3, -0.25) is 0 Å². The van der Waals surface area contributed by atoms with Crippen molar-refractivity contribution >= 4 is 38.6 Å². The first kappa shape index (κ1) is 33.4. The summed E-state index contributed by atoms with van der Waals surface area (Å²) in [7, 11) is 0. The number of nitrogens with zero attached hydrogens (tertiary/aromatic N) is 1. The highest BCUT2D eigenvalue weighted by atomic mass is 15.1. The predicted molar refractivity (Wildman–Crippen MR) is 231 cm³/mol. The zero-order valence-corrected chi connectivity index (χ0v) is 33.1. The van der Waals surface area contributed by atoms with Crippen LogP contribution in [0.3, 0.4) is 0 Å². The summed E-state index contributed by atoms with van der Waals surface area (Å²) in [5, 5.41) is 5.85. The van der Waals surface area contributed by atoms with Crippen LogP contribution in [0.4, 0.5) is 17.1 Å². The van der Waals surface area contributed by atoms with E-state index in [0.29, 0.717) is 0 Å². The first-order valence-electron chi connectivity index (χ1n) is 20.3. The third kappa shape index (κ3) is 5.04. The summed E-state index contributed by atoms with van der Waals surface area (Å²) in [5.74, 6) is 0. The summed E-state index contributed by atoms with van der Waals surface area (Å²) in [6, 6.07) is 42.2. The van der Waals surface area contributed by atoms with Gasteiger partial charge in [0.1, 0.15) is 0 Å². The van der Waals surface area contributed by atoms with E-state index < -0.39 is 0 Å². The normalized spacial score (nSPS) is 15.4. The van der Waals surface area contributed by atoms with Crippen molar-refractivity contribution < 1.29 is 0 Å². The maximum absolute atomic E-state index is 2.60. The lowest BCUT2D eigenvalue weighted by atomic mass is 9.70. The monoisotopic (exact) mass is 701 g/mol. The molecule has 3 aliphatic carbocycles. The largest absolute Gasteiger partial charge is 0.310 e. The highest BCUT2D eigenvalue weighted by Crippen LogP contribution is 2.58. The van der Waals surface area contributed by atoms with Gasteiger partial charge in [-0.25, -0.2) is 0 Å². The summed E-state index contributed by atoms with van der Waals surface area (Å²) in [6.45, 7) is 16.3. The quantitative estimate of drug-likeness (QED) is 0.177. The Morgan fingerprint density at radius 3 is 1.81 bits per heavy atom. The van der Waals surface area contributed by atoms with Gasteiger partial charge < -0.3 is 4.90 Å². The lowest BCUT2D eigenvalue weighted by molar-refractivity contribution is 0.590. The molecule has 10 rings (SSSR count). The number of fused-ring (bicyclic) bond motifs is 6. The first-order valence-corrected chi connectivity index (χ1v) is 20.3. The van der Waals surface area contributed by atoms with E-state index in [1.807, 2.05) is 0 Å². The van der Waals surface area contributed by atoms with Gasteiger partial charge in [-0.05, 0) is 189 Å². The minimum Gasteiger partial charge on any atom is -0.310 e. The molecule has 0 unspecified atom stereocenters. The standard InChI is InChI=1S/C53H51N/c1-32-14-23-39(24-15-32)54(40-25-16-33(2)17-26-40)41-27-20-35-29-46-47(31-37(35)28-41)53(6,7)51-44-13-9-11-42-45(34-18-21-38(22-19-34)52(3,4)5)30-36-10-8-12-43(50(46)51)48(36)49(42)44/h14-31H,8-13H2,1-7H3. The van der Waals surface area contributed by atoms with Gasteiger partial charge >= 0.3 is 0 Å². The van der Waals surface area contributed by atoms with Crippen LogP contribution in [0.25, 0.3) is 43.8 Å². The third-order valence-corrected chi connectivity index (χ3v) is 13.1. The Labute approximate surface area is 321 Å². The molecule has 54 heavy (non-hydrogen) atoms. The number of hydrogen-bond donors (Lipinski definition) is 0. The summed E-state index contributed by atoms with van der Waals surface area (Å²) < 4.78 is 0. The Morgan fingerprint density at radius 2 is 1.15 bits per heavy atom. The fourth-order valence-corrected chi connectivity index (χ4v) is 10.4. The molecule has 1 nitrogen and oxygen atoms in total. The van der Waals surface area contributed by atoms with Crippen molar-refractivity contribution in [3.8, 4) is 22.3 Å². The van der Waals surface area contributed by atoms with E-state index in [0.717, 1.165) is 6.42 Å². The second-order valence-electron chi connectivity index (χ2n) is 18.1. The highest BCUT2D eigenvalue weighted by Gasteiger charge is 2.42. The van der Waals surface area contributed by atoms with Gasteiger partial charge in [0, 0.05) is 22.5 Å². The number of hydrogen-bond acceptors (Lipinski definition) is 1. The molecule has 0 aliphatic heterocycles. The van der Waals surface area contributed by atoms with E-state index in [2.05, 4.69) is 163 Å². The van der Waals surface area contributed by atoms with Crippen molar-refractivity contribution in [1.29, 1.82) is 0 Å². The summed E-state index contributed by atoms with van der Waals surface area (Å²) in [5.41, 5.74) is 23.0. The van der Waals surface area contributed by atoms with Gasteiger partial charge in [0.15, 0.2) is 0 Å². The van der Waals surface area contributed by atoms with Gasteiger partial charge in [-0.2, -0.15) is 0 Å². The van der Waals surface area contributed by atoms with Gasteiger partial charge in [-0.15, -0.1) is 0 Å². The van der Waals surface area contributed by atoms with E-state index >= 15 is 0 Å². The fraction of sp³-hybridized carbons (Fsp3) is 0.283. The van der Waals surface area contributed by atoms with Crippen molar-refractivity contribution in [3.05, 3.63) is 159 Å². The highest BCUT2D eigenvalue weighted by molar-refractivity contribution is 6.08. The van der Waals surface area contributed by atoms with E-state index in [9.17, 15) is 0 Å². The Bertz CT molecular complexity index is 2600. The maximum Gasteiger partial charge on any atom is 0.0468 e. The molecule has 0 fully saturated rings. The van der Waals surface area contributed by atoms with Crippen LogP contribution in [0.15, 0.2) is 109 Å². The summed E-state index contributed by atoms with van der Waals surface area (Å²) >= 11 is 0. The van der Waals surface area contributed by atoms with Crippen LogP contribution in [0.5, 0.6) is 0 Å². The molecule has 3 aliphatic rings. The number of aryl methyl sites for hydroxylation is 6. The first-order chi connectivity index (χ1) is 26.0. The molecule has 268 valence electrons. The van der Waals surface area contributed by atoms with Crippen LogP contribution < -0.4 is 4.90 Å². The molecule has 0 radical (unpaired) electrons. The van der Waals surface area contributed by atoms with E-state index in [4.69, 9.17) is 0 Å². The van der Waals surface area contributed by atoms with Gasteiger partial charge in [-0.1, -0.05) is 106 Å². The van der Waals surface area contributed by atoms with Crippen LogP contribution in [-0.2, 0) is 36.5 Å². The molecule has 0 atom stereocenters. The Balaban J connectivity index is 1.16. The van der Waals surface area contributed by atoms with Crippen molar-refractivity contribution in [3.63, 3.8) is 0 Å². The van der Waals surface area contributed by atoms with Gasteiger partial charge in [0.05, 0.1) is 0 Å². The lowest BCUT2D eigenvalue weighted by Crippen LogP contribution is -2.21. The fourth-order valence-electron chi connectivity index (χ4n) is 10.4. The van der Waals surface area contributed by atoms with Crippen LogP contribution in [0.2, 0.25) is 0 Å². The van der Waals surface area contributed by atoms with Crippen LogP contribution >= 0.6 is 0 Å². The molecular weight excluding hydrogens is 651 g/mol. The summed E-state index contributed by atoms with van der Waals surface area (Å²) in [4.78, 5) is 2.41. The average Bonchev–Trinajstić information content (AvgIpc) is 3.40. The molecule has 7 aromatic rings.